The van der Waals surface area contributed by atoms with E-state index in [1.807, 2.05) is 22.8 Å². The van der Waals surface area contributed by atoms with Crippen LogP contribution in [0.25, 0.3) is 0 Å². The largest absolute Gasteiger partial charge is 0.417 e. The standard InChI is InChI=1S/C26H31F3N4O/c1-18-15-21(31-9-3-2-4-10-31)7-8-22(18)25(34)33-13-11-32(12-14-33)24-23(19-5-6-19)16-20(17-30-24)26(27,28)29/h7-8,15-17,19H,2-6,9-14H2,1H3. The first-order valence-electron chi connectivity index (χ1n) is 12.3. The fraction of sp³-hybridized carbons (Fsp3) is 0.538. The summed E-state index contributed by atoms with van der Waals surface area (Å²) < 4.78 is 39.6. The van der Waals surface area contributed by atoms with E-state index in [4.69, 9.17) is 0 Å². The number of amides is 1. The second kappa shape index (κ2) is 9.12. The summed E-state index contributed by atoms with van der Waals surface area (Å²) in [5.41, 5.74) is 2.89. The molecule has 0 spiro atoms. The van der Waals surface area contributed by atoms with Crippen molar-refractivity contribution in [1.82, 2.24) is 9.88 Å². The molecule has 8 heteroatoms. The summed E-state index contributed by atoms with van der Waals surface area (Å²) in [5.74, 6) is 0.820. The van der Waals surface area contributed by atoms with Crippen LogP contribution in [0.1, 0.15) is 65.1 Å². The number of nitrogens with zero attached hydrogens (tertiary/aromatic N) is 4. The maximum absolute atomic E-state index is 13.2. The van der Waals surface area contributed by atoms with Gasteiger partial charge in [-0.25, -0.2) is 4.98 Å². The number of piperidine rings is 1. The smallest absolute Gasteiger partial charge is 0.372 e. The lowest BCUT2D eigenvalue weighted by molar-refractivity contribution is -0.137. The van der Waals surface area contributed by atoms with Crippen LogP contribution in [0.15, 0.2) is 30.5 Å². The zero-order chi connectivity index (χ0) is 23.9. The van der Waals surface area contributed by atoms with Crippen molar-refractivity contribution in [3.63, 3.8) is 0 Å². The summed E-state index contributed by atoms with van der Waals surface area (Å²) >= 11 is 0. The lowest BCUT2D eigenvalue weighted by Crippen LogP contribution is -2.49. The van der Waals surface area contributed by atoms with Crippen LogP contribution in [-0.4, -0.2) is 55.1 Å². The number of alkyl halides is 3. The van der Waals surface area contributed by atoms with Crippen molar-refractivity contribution in [3.8, 4) is 0 Å². The number of anilines is 2. The van der Waals surface area contributed by atoms with Gasteiger partial charge in [0.05, 0.1) is 5.56 Å². The summed E-state index contributed by atoms with van der Waals surface area (Å²) in [6.07, 6.45) is 2.05. The fourth-order valence-corrected chi connectivity index (χ4v) is 5.12. The molecule has 0 atom stereocenters. The zero-order valence-corrected chi connectivity index (χ0v) is 19.6. The van der Waals surface area contributed by atoms with Crippen LogP contribution in [0.5, 0.6) is 0 Å². The molecular formula is C26H31F3N4O. The second-order valence-corrected chi connectivity index (χ2v) is 9.74. The average Bonchev–Trinajstić information content (AvgIpc) is 3.69. The van der Waals surface area contributed by atoms with Crippen molar-refractivity contribution >= 4 is 17.4 Å². The number of hydrogen-bond acceptors (Lipinski definition) is 4. The van der Waals surface area contributed by atoms with Crippen LogP contribution in [0, 0.1) is 6.92 Å². The molecule has 0 radical (unpaired) electrons. The molecule has 1 amide bonds. The SMILES string of the molecule is Cc1cc(N2CCCCC2)ccc1C(=O)N1CCN(c2ncc(C(F)(F)F)cc2C2CC2)CC1. The van der Waals surface area contributed by atoms with Gasteiger partial charge in [-0.1, -0.05) is 0 Å². The molecule has 1 aromatic heterocycles. The summed E-state index contributed by atoms with van der Waals surface area (Å²) in [6, 6.07) is 7.38. The van der Waals surface area contributed by atoms with Gasteiger partial charge in [0, 0.05) is 56.7 Å². The molecule has 3 aliphatic rings. The number of hydrogen-bond donors (Lipinski definition) is 0. The predicted octanol–water partition coefficient (Wildman–Crippen LogP) is 5.24. The minimum Gasteiger partial charge on any atom is -0.372 e. The fourth-order valence-electron chi connectivity index (χ4n) is 5.12. The molecule has 182 valence electrons. The van der Waals surface area contributed by atoms with E-state index < -0.39 is 11.7 Å². The Hall–Kier alpha value is -2.77. The lowest BCUT2D eigenvalue weighted by Gasteiger charge is -2.36. The molecule has 2 aromatic rings. The van der Waals surface area contributed by atoms with Gasteiger partial charge in [-0.2, -0.15) is 13.2 Å². The molecule has 3 fully saturated rings. The topological polar surface area (TPSA) is 39.7 Å². The van der Waals surface area contributed by atoms with E-state index in [1.54, 1.807) is 0 Å². The van der Waals surface area contributed by atoms with Crippen LogP contribution in [-0.2, 0) is 6.18 Å². The molecule has 1 aliphatic carbocycles. The molecule has 0 N–H and O–H groups in total. The van der Waals surface area contributed by atoms with E-state index >= 15 is 0 Å². The third-order valence-electron chi connectivity index (χ3n) is 7.27. The van der Waals surface area contributed by atoms with Crippen molar-refractivity contribution in [2.24, 2.45) is 0 Å². The molecule has 5 rings (SSSR count). The summed E-state index contributed by atoms with van der Waals surface area (Å²) in [6.45, 7) is 6.30. The Kier molecular flexibility index (Phi) is 6.16. The van der Waals surface area contributed by atoms with Crippen molar-refractivity contribution in [3.05, 3.63) is 52.7 Å². The molecule has 1 saturated carbocycles. The molecule has 2 saturated heterocycles. The zero-order valence-electron chi connectivity index (χ0n) is 19.6. The monoisotopic (exact) mass is 472 g/mol. The van der Waals surface area contributed by atoms with Crippen molar-refractivity contribution < 1.29 is 18.0 Å². The minimum atomic E-state index is -4.39. The predicted molar refractivity (Wildman–Crippen MR) is 127 cm³/mol. The number of carbonyl (C=O) groups excluding carboxylic acids is 1. The quantitative estimate of drug-likeness (QED) is 0.610. The van der Waals surface area contributed by atoms with E-state index in [0.717, 1.165) is 43.3 Å². The minimum absolute atomic E-state index is 0.0186. The highest BCUT2D eigenvalue weighted by atomic mass is 19.4. The van der Waals surface area contributed by atoms with Crippen molar-refractivity contribution in [2.75, 3.05) is 49.1 Å². The number of rotatable bonds is 4. The maximum Gasteiger partial charge on any atom is 0.417 e. The van der Waals surface area contributed by atoms with Crippen molar-refractivity contribution in [2.45, 2.75) is 51.1 Å². The number of halogens is 3. The molecule has 0 unspecified atom stereocenters. The van der Waals surface area contributed by atoms with Crippen LogP contribution >= 0.6 is 0 Å². The molecule has 2 aliphatic heterocycles. The van der Waals surface area contributed by atoms with Crippen LogP contribution in [0.2, 0.25) is 0 Å². The van der Waals surface area contributed by atoms with Gasteiger partial charge in [-0.15, -0.1) is 0 Å². The Bertz CT molecular complexity index is 1050. The van der Waals surface area contributed by atoms with E-state index in [-0.39, 0.29) is 11.8 Å². The van der Waals surface area contributed by atoms with Gasteiger partial charge in [0.2, 0.25) is 0 Å². The van der Waals surface area contributed by atoms with E-state index in [1.165, 1.54) is 31.0 Å². The number of aryl methyl sites for hydroxylation is 1. The van der Waals surface area contributed by atoms with E-state index in [9.17, 15) is 18.0 Å². The Labute approximate surface area is 198 Å². The summed E-state index contributed by atoms with van der Waals surface area (Å²) in [7, 11) is 0. The summed E-state index contributed by atoms with van der Waals surface area (Å²) in [5, 5.41) is 0. The van der Waals surface area contributed by atoms with Gasteiger partial charge in [0.15, 0.2) is 0 Å². The number of pyridine rings is 1. The normalized spacial score (nSPS) is 19.5. The first-order chi connectivity index (χ1) is 16.3. The molecule has 3 heterocycles. The lowest BCUT2D eigenvalue weighted by atomic mass is 10.0. The third kappa shape index (κ3) is 4.72. The van der Waals surface area contributed by atoms with E-state index in [0.29, 0.717) is 37.6 Å². The highest BCUT2D eigenvalue weighted by Gasteiger charge is 2.36. The van der Waals surface area contributed by atoms with E-state index in [2.05, 4.69) is 22.0 Å². The first-order valence-corrected chi connectivity index (χ1v) is 12.3. The number of piperazine rings is 1. The Morgan fingerprint density at radius 1 is 0.941 bits per heavy atom. The highest BCUT2D eigenvalue weighted by Crippen LogP contribution is 2.45. The Balaban J connectivity index is 1.26. The van der Waals surface area contributed by atoms with Crippen molar-refractivity contribution in [1.29, 1.82) is 0 Å². The molecule has 5 nitrogen and oxygen atoms in total. The van der Waals surface area contributed by atoms with Crippen LogP contribution in [0.4, 0.5) is 24.7 Å². The van der Waals surface area contributed by atoms with Crippen LogP contribution < -0.4 is 9.80 Å². The first kappa shape index (κ1) is 23.0. The molecular weight excluding hydrogens is 441 g/mol. The van der Waals surface area contributed by atoms with Gasteiger partial charge >= 0.3 is 6.18 Å². The Morgan fingerprint density at radius 2 is 1.65 bits per heavy atom. The molecule has 1 aromatic carbocycles. The Morgan fingerprint density at radius 3 is 2.26 bits per heavy atom. The summed E-state index contributed by atoms with van der Waals surface area (Å²) in [4.78, 5) is 23.7. The number of aromatic nitrogens is 1. The van der Waals surface area contributed by atoms with Crippen LogP contribution in [0.3, 0.4) is 0 Å². The second-order valence-electron chi connectivity index (χ2n) is 9.74. The van der Waals surface area contributed by atoms with Gasteiger partial charge in [-0.05, 0) is 80.3 Å². The van der Waals surface area contributed by atoms with Gasteiger partial charge in [0.25, 0.3) is 5.91 Å². The van der Waals surface area contributed by atoms with Gasteiger partial charge in [0.1, 0.15) is 5.82 Å². The molecule has 34 heavy (non-hydrogen) atoms. The average molecular weight is 473 g/mol. The maximum atomic E-state index is 13.2. The number of carbonyl (C=O) groups is 1. The highest BCUT2D eigenvalue weighted by molar-refractivity contribution is 5.96. The molecule has 0 bridgehead atoms. The van der Waals surface area contributed by atoms with Gasteiger partial charge in [-0.3, -0.25) is 4.79 Å². The number of benzene rings is 1. The van der Waals surface area contributed by atoms with Gasteiger partial charge < -0.3 is 14.7 Å². The third-order valence-corrected chi connectivity index (χ3v) is 7.27.